The summed E-state index contributed by atoms with van der Waals surface area (Å²) < 4.78 is 19.3. The van der Waals surface area contributed by atoms with Crippen LogP contribution in [0.3, 0.4) is 0 Å². The first-order chi connectivity index (χ1) is 15.7. The predicted octanol–water partition coefficient (Wildman–Crippen LogP) is 5.96. The highest BCUT2D eigenvalue weighted by atomic mass is 19.1. The number of carbonyl (C=O) groups excluding carboxylic acids is 2. The monoisotopic (exact) mass is 444 g/mol. The molecule has 1 N–H and O–H groups in total. The average molecular weight is 445 g/mol. The fraction of sp³-hybridized carbons (Fsp3) is 0.259. The molecule has 5 nitrogen and oxygen atoms in total. The molecule has 168 valence electrons. The normalized spacial score (nSPS) is 18.0. The van der Waals surface area contributed by atoms with Gasteiger partial charge in [-0.1, -0.05) is 42.5 Å². The number of hydrogen-bond acceptors (Lipinski definition) is 4. The summed E-state index contributed by atoms with van der Waals surface area (Å²) in [5.74, 6) is -1.17. The van der Waals surface area contributed by atoms with Crippen molar-refractivity contribution in [1.82, 2.24) is 4.90 Å². The van der Waals surface area contributed by atoms with Gasteiger partial charge in [0.25, 0.3) is 5.91 Å². The number of hydrogen-bond donors (Lipinski definition) is 1. The first-order valence-corrected chi connectivity index (χ1v) is 11.0. The van der Waals surface area contributed by atoms with Gasteiger partial charge in [0, 0.05) is 35.8 Å². The number of amides is 2. The van der Waals surface area contributed by atoms with Crippen LogP contribution in [0.1, 0.15) is 44.2 Å². The van der Waals surface area contributed by atoms with Crippen LogP contribution >= 0.6 is 0 Å². The molecule has 0 aliphatic carbocycles. The SMILES string of the molecule is CC(C)(C)OC(=O)N1CCC2=C(C1=O)C(c1ccc(F)cc1)c1c(ccc3ccccc13)N2. The van der Waals surface area contributed by atoms with Crippen LogP contribution in [-0.4, -0.2) is 29.0 Å². The highest BCUT2D eigenvalue weighted by molar-refractivity contribution is 6.08. The van der Waals surface area contributed by atoms with Gasteiger partial charge < -0.3 is 10.1 Å². The largest absolute Gasteiger partial charge is 0.443 e. The maximum atomic E-state index is 13.8. The number of carbonyl (C=O) groups is 2. The number of rotatable bonds is 1. The van der Waals surface area contributed by atoms with Crippen LogP contribution < -0.4 is 5.32 Å². The Morgan fingerprint density at radius 2 is 1.79 bits per heavy atom. The zero-order valence-electron chi connectivity index (χ0n) is 18.8. The molecule has 2 heterocycles. The lowest BCUT2D eigenvalue weighted by Crippen LogP contribution is -2.47. The Hall–Kier alpha value is -3.67. The van der Waals surface area contributed by atoms with Gasteiger partial charge in [-0.25, -0.2) is 14.1 Å². The van der Waals surface area contributed by atoms with Crippen LogP contribution in [0.4, 0.5) is 14.9 Å². The van der Waals surface area contributed by atoms with Gasteiger partial charge >= 0.3 is 6.09 Å². The summed E-state index contributed by atoms with van der Waals surface area (Å²) in [5, 5.41) is 5.49. The molecule has 2 aliphatic rings. The molecule has 0 saturated heterocycles. The Bertz CT molecular complexity index is 1310. The summed E-state index contributed by atoms with van der Waals surface area (Å²) in [4.78, 5) is 27.8. The number of ether oxygens (including phenoxy) is 1. The molecule has 0 aromatic heterocycles. The lowest BCUT2D eigenvalue weighted by molar-refractivity contribution is -0.127. The van der Waals surface area contributed by atoms with E-state index in [0.29, 0.717) is 12.0 Å². The van der Waals surface area contributed by atoms with Crippen LogP contribution in [-0.2, 0) is 9.53 Å². The molecule has 0 saturated carbocycles. The van der Waals surface area contributed by atoms with E-state index in [1.807, 2.05) is 36.4 Å². The third-order valence-corrected chi connectivity index (χ3v) is 6.04. The van der Waals surface area contributed by atoms with E-state index in [4.69, 9.17) is 4.74 Å². The van der Waals surface area contributed by atoms with Crippen LogP contribution in [0, 0.1) is 5.82 Å². The molecule has 0 fully saturated rings. The van der Waals surface area contributed by atoms with Crippen molar-refractivity contribution in [2.24, 2.45) is 0 Å². The minimum atomic E-state index is -0.712. The molecule has 0 bridgehead atoms. The Labute approximate surface area is 191 Å². The van der Waals surface area contributed by atoms with Crippen molar-refractivity contribution in [3.63, 3.8) is 0 Å². The molecule has 1 unspecified atom stereocenters. The minimum Gasteiger partial charge on any atom is -0.443 e. The molecule has 3 aromatic rings. The van der Waals surface area contributed by atoms with Gasteiger partial charge in [0.1, 0.15) is 11.4 Å². The molecule has 3 aromatic carbocycles. The van der Waals surface area contributed by atoms with Crippen molar-refractivity contribution >= 4 is 28.5 Å². The van der Waals surface area contributed by atoms with E-state index in [2.05, 4.69) is 5.32 Å². The number of fused-ring (bicyclic) bond motifs is 3. The molecule has 6 heteroatoms. The molecule has 2 amide bonds. The highest BCUT2D eigenvalue weighted by Crippen LogP contribution is 2.47. The van der Waals surface area contributed by atoms with Gasteiger partial charge in [0.2, 0.25) is 0 Å². The first kappa shape index (κ1) is 21.2. The number of imide groups is 1. The van der Waals surface area contributed by atoms with Gasteiger partial charge in [-0.05, 0) is 60.9 Å². The van der Waals surface area contributed by atoms with Crippen molar-refractivity contribution in [2.75, 3.05) is 11.9 Å². The quantitative estimate of drug-likeness (QED) is 0.503. The molecule has 5 rings (SSSR count). The van der Waals surface area contributed by atoms with E-state index in [1.165, 1.54) is 17.0 Å². The molecular weight excluding hydrogens is 419 g/mol. The number of nitrogens with one attached hydrogen (secondary N) is 1. The summed E-state index contributed by atoms with van der Waals surface area (Å²) in [6.07, 6.45) is -0.162. The standard InChI is InChI=1S/C27H25FN2O3/c1-27(2,3)33-26(32)30-15-14-21-24(25(30)31)22(17-8-11-18(28)12-9-17)23-19-7-5-4-6-16(19)10-13-20(23)29-21/h4-13,22,29H,14-15H2,1-3H3. The van der Waals surface area contributed by atoms with Crippen molar-refractivity contribution in [1.29, 1.82) is 0 Å². The molecule has 1 atom stereocenters. The van der Waals surface area contributed by atoms with E-state index in [0.717, 1.165) is 33.3 Å². The fourth-order valence-corrected chi connectivity index (χ4v) is 4.66. The third-order valence-electron chi connectivity index (χ3n) is 6.04. The zero-order valence-corrected chi connectivity index (χ0v) is 18.8. The smallest absolute Gasteiger partial charge is 0.417 e. The Kier molecular flexibility index (Phi) is 4.96. The molecule has 2 aliphatic heterocycles. The van der Waals surface area contributed by atoms with Crippen LogP contribution in [0.15, 0.2) is 71.9 Å². The summed E-state index contributed by atoms with van der Waals surface area (Å²) in [6.45, 7) is 5.56. The van der Waals surface area contributed by atoms with Crippen molar-refractivity contribution in [3.05, 3.63) is 88.9 Å². The van der Waals surface area contributed by atoms with Gasteiger partial charge in [0.15, 0.2) is 0 Å². The van der Waals surface area contributed by atoms with Gasteiger partial charge in [0.05, 0.1) is 0 Å². The lowest BCUT2D eigenvalue weighted by atomic mass is 9.76. The van der Waals surface area contributed by atoms with E-state index >= 15 is 0 Å². The van der Waals surface area contributed by atoms with E-state index in [9.17, 15) is 14.0 Å². The van der Waals surface area contributed by atoms with Gasteiger partial charge in [-0.3, -0.25) is 4.79 Å². The predicted molar refractivity (Wildman–Crippen MR) is 125 cm³/mol. The first-order valence-electron chi connectivity index (χ1n) is 11.0. The Balaban J connectivity index is 1.68. The third kappa shape index (κ3) is 3.75. The second-order valence-electron chi connectivity index (χ2n) is 9.44. The Morgan fingerprint density at radius 3 is 2.52 bits per heavy atom. The number of benzene rings is 3. The van der Waals surface area contributed by atoms with Crippen molar-refractivity contribution in [2.45, 2.75) is 38.7 Å². The Morgan fingerprint density at radius 1 is 1.06 bits per heavy atom. The summed E-state index contributed by atoms with van der Waals surface area (Å²) >= 11 is 0. The summed E-state index contributed by atoms with van der Waals surface area (Å²) in [6, 6.07) is 18.3. The van der Waals surface area contributed by atoms with Crippen molar-refractivity contribution < 1.29 is 18.7 Å². The van der Waals surface area contributed by atoms with E-state index in [-0.39, 0.29) is 18.3 Å². The van der Waals surface area contributed by atoms with E-state index in [1.54, 1.807) is 32.9 Å². The van der Waals surface area contributed by atoms with E-state index < -0.39 is 17.6 Å². The van der Waals surface area contributed by atoms with Gasteiger partial charge in [-0.2, -0.15) is 0 Å². The fourth-order valence-electron chi connectivity index (χ4n) is 4.66. The average Bonchev–Trinajstić information content (AvgIpc) is 2.77. The van der Waals surface area contributed by atoms with Gasteiger partial charge in [-0.15, -0.1) is 0 Å². The van der Waals surface area contributed by atoms with Crippen LogP contribution in [0.5, 0.6) is 0 Å². The number of halogens is 1. The lowest BCUT2D eigenvalue weighted by Gasteiger charge is -2.38. The number of nitrogens with zero attached hydrogens (tertiary/aromatic N) is 1. The maximum Gasteiger partial charge on any atom is 0.417 e. The number of anilines is 1. The molecule has 0 radical (unpaired) electrons. The van der Waals surface area contributed by atoms with Crippen LogP contribution in [0.2, 0.25) is 0 Å². The summed E-state index contributed by atoms with van der Waals surface area (Å²) in [5.41, 5.74) is 3.23. The van der Waals surface area contributed by atoms with Crippen molar-refractivity contribution in [3.8, 4) is 0 Å². The molecule has 0 spiro atoms. The summed E-state index contributed by atoms with van der Waals surface area (Å²) in [7, 11) is 0. The minimum absolute atomic E-state index is 0.235. The topological polar surface area (TPSA) is 58.6 Å². The molecule has 33 heavy (non-hydrogen) atoms. The van der Waals surface area contributed by atoms with Crippen LogP contribution in [0.25, 0.3) is 10.8 Å². The second-order valence-corrected chi connectivity index (χ2v) is 9.44. The zero-order chi connectivity index (χ0) is 23.3. The molecular formula is C27H25FN2O3. The second kappa shape index (κ2) is 7.73. The maximum absolute atomic E-state index is 13.8. The highest BCUT2D eigenvalue weighted by Gasteiger charge is 2.42.